The molecular weight excluding hydrogens is 335 g/mol. The Hall–Kier alpha value is -2.89. The van der Waals surface area contributed by atoms with Gasteiger partial charge in [0.05, 0.1) is 6.61 Å². The maximum Gasteiger partial charge on any atom is 0.325 e. The third kappa shape index (κ3) is 2.71. The molecule has 0 radical (unpaired) electrons. The normalized spacial score (nSPS) is 21.2. The highest BCUT2D eigenvalue weighted by atomic mass is 19.1. The third-order valence-electron chi connectivity index (χ3n) is 5.03. The molecule has 3 amide bonds. The first-order valence-corrected chi connectivity index (χ1v) is 8.71. The second-order valence-electron chi connectivity index (χ2n) is 6.61. The number of nitrogens with zero attached hydrogens (tertiary/aromatic N) is 1. The van der Waals surface area contributed by atoms with Gasteiger partial charge in [-0.1, -0.05) is 24.3 Å². The van der Waals surface area contributed by atoms with Gasteiger partial charge in [0.2, 0.25) is 0 Å². The lowest BCUT2D eigenvalue weighted by atomic mass is 9.92. The quantitative estimate of drug-likeness (QED) is 0.663. The van der Waals surface area contributed by atoms with Crippen molar-refractivity contribution in [2.75, 3.05) is 13.2 Å². The zero-order chi connectivity index (χ0) is 18.1. The molecule has 2 aromatic carbocycles. The predicted octanol–water partition coefficient (Wildman–Crippen LogP) is 2.99. The van der Waals surface area contributed by atoms with Gasteiger partial charge in [-0.05, 0) is 54.7 Å². The summed E-state index contributed by atoms with van der Waals surface area (Å²) in [4.78, 5) is 26.6. The second kappa shape index (κ2) is 6.44. The minimum Gasteiger partial charge on any atom is -0.494 e. The zero-order valence-corrected chi connectivity index (χ0v) is 14.2. The molecule has 1 unspecified atom stereocenters. The van der Waals surface area contributed by atoms with Crippen molar-refractivity contribution < 1.29 is 18.7 Å². The molecule has 1 spiro atoms. The number of halogens is 1. The number of urea groups is 1. The molecule has 0 aromatic heterocycles. The Morgan fingerprint density at radius 3 is 2.69 bits per heavy atom. The number of hydrogen-bond donors (Lipinski definition) is 1. The van der Waals surface area contributed by atoms with Gasteiger partial charge < -0.3 is 10.1 Å². The molecule has 134 valence electrons. The fourth-order valence-electron chi connectivity index (χ4n) is 3.74. The van der Waals surface area contributed by atoms with Crippen molar-refractivity contribution in [1.82, 2.24) is 10.2 Å². The van der Waals surface area contributed by atoms with Gasteiger partial charge in [-0.3, -0.25) is 9.69 Å². The number of aryl methyl sites for hydroxylation is 1. The van der Waals surface area contributed by atoms with Crippen LogP contribution in [0.2, 0.25) is 0 Å². The van der Waals surface area contributed by atoms with Crippen LogP contribution in [0.1, 0.15) is 24.0 Å². The van der Waals surface area contributed by atoms with Crippen LogP contribution >= 0.6 is 0 Å². The van der Waals surface area contributed by atoms with E-state index in [4.69, 9.17) is 4.74 Å². The van der Waals surface area contributed by atoms with Crippen LogP contribution in [0, 0.1) is 5.82 Å². The zero-order valence-electron chi connectivity index (χ0n) is 14.2. The van der Waals surface area contributed by atoms with E-state index in [2.05, 4.69) is 5.32 Å². The van der Waals surface area contributed by atoms with E-state index in [0.717, 1.165) is 17.5 Å². The standard InChI is InChI=1S/C20H19FN2O3/c21-15-6-8-16(9-7-15)26-13-3-12-23-18(24)20(22-19(23)25)11-10-14-4-1-2-5-17(14)20/h1-2,4-9H,3,10-13H2,(H,22,25). The second-order valence-corrected chi connectivity index (χ2v) is 6.61. The molecule has 4 rings (SSSR count). The molecule has 5 nitrogen and oxygen atoms in total. The molecule has 1 heterocycles. The van der Waals surface area contributed by atoms with Crippen molar-refractivity contribution >= 4 is 11.9 Å². The van der Waals surface area contributed by atoms with E-state index in [1.807, 2.05) is 24.3 Å². The van der Waals surface area contributed by atoms with Gasteiger partial charge in [0.1, 0.15) is 17.1 Å². The number of nitrogens with one attached hydrogen (secondary N) is 1. The number of hydrogen-bond acceptors (Lipinski definition) is 3. The summed E-state index contributed by atoms with van der Waals surface area (Å²) >= 11 is 0. The number of benzene rings is 2. The predicted molar refractivity (Wildman–Crippen MR) is 93.2 cm³/mol. The summed E-state index contributed by atoms with van der Waals surface area (Å²) < 4.78 is 18.4. The van der Waals surface area contributed by atoms with Crippen molar-refractivity contribution in [2.45, 2.75) is 24.8 Å². The molecule has 1 atom stereocenters. The Balaban J connectivity index is 1.39. The van der Waals surface area contributed by atoms with Crippen molar-refractivity contribution in [3.05, 3.63) is 65.5 Å². The van der Waals surface area contributed by atoms with E-state index in [1.165, 1.54) is 17.0 Å². The highest BCUT2D eigenvalue weighted by molar-refractivity contribution is 6.08. The summed E-state index contributed by atoms with van der Waals surface area (Å²) in [7, 11) is 0. The highest BCUT2D eigenvalue weighted by Gasteiger charge is 2.54. The molecule has 0 bridgehead atoms. The third-order valence-corrected chi connectivity index (χ3v) is 5.03. The van der Waals surface area contributed by atoms with Gasteiger partial charge in [0, 0.05) is 6.54 Å². The molecule has 1 aliphatic carbocycles. The maximum absolute atomic E-state index is 13.0. The van der Waals surface area contributed by atoms with Crippen LogP contribution in [0.5, 0.6) is 5.75 Å². The van der Waals surface area contributed by atoms with Gasteiger partial charge in [-0.15, -0.1) is 0 Å². The van der Waals surface area contributed by atoms with Gasteiger partial charge in [-0.25, -0.2) is 9.18 Å². The minimum absolute atomic E-state index is 0.186. The van der Waals surface area contributed by atoms with Crippen molar-refractivity contribution in [3.63, 3.8) is 0 Å². The Kier molecular flexibility index (Phi) is 4.11. The number of fused-ring (bicyclic) bond motifs is 2. The summed E-state index contributed by atoms with van der Waals surface area (Å²) in [6, 6.07) is 13.2. The number of amides is 3. The average Bonchev–Trinajstić information content (AvgIpc) is 3.13. The van der Waals surface area contributed by atoms with Gasteiger partial charge in [0.25, 0.3) is 5.91 Å². The molecule has 1 fully saturated rings. The topological polar surface area (TPSA) is 58.6 Å². The van der Waals surface area contributed by atoms with E-state index in [0.29, 0.717) is 25.2 Å². The number of carbonyl (C=O) groups is 2. The summed E-state index contributed by atoms with van der Waals surface area (Å²) in [5.41, 5.74) is 1.11. The van der Waals surface area contributed by atoms with E-state index in [1.54, 1.807) is 12.1 Å². The lowest BCUT2D eigenvalue weighted by Crippen LogP contribution is -2.42. The van der Waals surface area contributed by atoms with Gasteiger partial charge >= 0.3 is 6.03 Å². The fraction of sp³-hybridized carbons (Fsp3) is 0.300. The number of imide groups is 1. The first-order valence-electron chi connectivity index (χ1n) is 8.71. The Bertz CT molecular complexity index is 852. The highest BCUT2D eigenvalue weighted by Crippen LogP contribution is 2.41. The van der Waals surface area contributed by atoms with Crippen LogP contribution < -0.4 is 10.1 Å². The van der Waals surface area contributed by atoms with Crippen LogP contribution in [-0.2, 0) is 16.8 Å². The van der Waals surface area contributed by atoms with E-state index >= 15 is 0 Å². The van der Waals surface area contributed by atoms with E-state index < -0.39 is 5.54 Å². The van der Waals surface area contributed by atoms with Crippen LogP contribution in [0.15, 0.2) is 48.5 Å². The van der Waals surface area contributed by atoms with Crippen molar-refractivity contribution in [2.24, 2.45) is 0 Å². The smallest absolute Gasteiger partial charge is 0.325 e. The Labute approximate surface area is 150 Å². The molecule has 26 heavy (non-hydrogen) atoms. The summed E-state index contributed by atoms with van der Waals surface area (Å²) in [5.74, 6) is 0.0536. The molecule has 1 aliphatic heterocycles. The summed E-state index contributed by atoms with van der Waals surface area (Å²) in [5, 5.41) is 2.91. The Morgan fingerprint density at radius 1 is 1.12 bits per heavy atom. The van der Waals surface area contributed by atoms with Crippen LogP contribution in [0.4, 0.5) is 9.18 Å². The molecule has 1 saturated heterocycles. The molecule has 1 N–H and O–H groups in total. The lowest BCUT2D eigenvalue weighted by molar-refractivity contribution is -0.131. The molecule has 2 aromatic rings. The van der Waals surface area contributed by atoms with Gasteiger partial charge in [-0.2, -0.15) is 0 Å². The molecule has 2 aliphatic rings. The van der Waals surface area contributed by atoms with Crippen LogP contribution in [-0.4, -0.2) is 30.0 Å². The van der Waals surface area contributed by atoms with Crippen molar-refractivity contribution in [1.29, 1.82) is 0 Å². The minimum atomic E-state index is -0.911. The summed E-state index contributed by atoms with van der Waals surface area (Å²) in [6.07, 6.45) is 1.89. The van der Waals surface area contributed by atoms with Crippen LogP contribution in [0.25, 0.3) is 0 Å². The van der Waals surface area contributed by atoms with E-state index in [9.17, 15) is 14.0 Å². The monoisotopic (exact) mass is 354 g/mol. The molecule has 6 heteroatoms. The first-order chi connectivity index (χ1) is 12.6. The SMILES string of the molecule is O=C1NC2(CCc3ccccc32)C(=O)N1CCCOc1ccc(F)cc1. The average molecular weight is 354 g/mol. The largest absolute Gasteiger partial charge is 0.494 e. The fourth-order valence-corrected chi connectivity index (χ4v) is 3.74. The number of rotatable bonds is 5. The van der Waals surface area contributed by atoms with Gasteiger partial charge in [0.15, 0.2) is 0 Å². The molecule has 0 saturated carbocycles. The maximum atomic E-state index is 13.0. The summed E-state index contributed by atoms with van der Waals surface area (Å²) in [6.45, 7) is 0.627. The first kappa shape index (κ1) is 16.6. The van der Waals surface area contributed by atoms with E-state index in [-0.39, 0.29) is 24.3 Å². The lowest BCUT2D eigenvalue weighted by Gasteiger charge is -2.22. The Morgan fingerprint density at radius 2 is 1.88 bits per heavy atom. The number of ether oxygens (including phenoxy) is 1. The number of carbonyl (C=O) groups excluding carboxylic acids is 2. The molecular formula is C20H19FN2O3. The van der Waals surface area contributed by atoms with Crippen molar-refractivity contribution in [3.8, 4) is 5.75 Å². The van der Waals surface area contributed by atoms with Crippen LogP contribution in [0.3, 0.4) is 0 Å².